The lowest BCUT2D eigenvalue weighted by atomic mass is 9.98. The molecule has 35 heavy (non-hydrogen) atoms. The molecule has 0 aliphatic heterocycles. The van der Waals surface area contributed by atoms with E-state index in [0.717, 1.165) is 22.3 Å². The summed E-state index contributed by atoms with van der Waals surface area (Å²) in [6.07, 6.45) is 3.32. The summed E-state index contributed by atoms with van der Waals surface area (Å²) in [6.45, 7) is 2.72. The fourth-order valence-corrected chi connectivity index (χ4v) is 4.36. The fraction of sp³-hybridized carbons (Fsp3) is 0.308. The normalized spacial score (nSPS) is 12.9. The quantitative estimate of drug-likeness (QED) is 0.412. The number of amides is 2. The SMILES string of the molecule is CCCC(NC(=O)OCC1c2ccccc2-c2ccccc21)C(=O)NCCn1cnc(C(=O)O)c1. The van der Waals surface area contributed by atoms with E-state index < -0.39 is 18.1 Å². The van der Waals surface area contributed by atoms with Crippen molar-refractivity contribution in [1.29, 1.82) is 0 Å². The van der Waals surface area contributed by atoms with Crippen molar-refractivity contribution in [2.45, 2.75) is 38.3 Å². The van der Waals surface area contributed by atoms with Crippen LogP contribution >= 0.6 is 0 Å². The lowest BCUT2D eigenvalue weighted by Crippen LogP contribution is -2.47. The van der Waals surface area contributed by atoms with Gasteiger partial charge in [0.05, 0.1) is 6.33 Å². The van der Waals surface area contributed by atoms with Gasteiger partial charge >= 0.3 is 12.1 Å². The Bertz CT molecular complexity index is 1180. The van der Waals surface area contributed by atoms with Gasteiger partial charge in [0.25, 0.3) is 0 Å². The van der Waals surface area contributed by atoms with Gasteiger partial charge in [0.15, 0.2) is 5.69 Å². The molecular formula is C26H28N4O5. The van der Waals surface area contributed by atoms with Gasteiger partial charge in [-0.2, -0.15) is 0 Å². The summed E-state index contributed by atoms with van der Waals surface area (Å²) in [6, 6.07) is 15.5. The molecule has 182 valence electrons. The summed E-state index contributed by atoms with van der Waals surface area (Å²) in [4.78, 5) is 40.0. The number of carbonyl (C=O) groups is 3. The Kier molecular flexibility index (Phi) is 7.45. The summed E-state index contributed by atoms with van der Waals surface area (Å²) in [5, 5.41) is 14.4. The predicted molar refractivity (Wildman–Crippen MR) is 129 cm³/mol. The Morgan fingerprint density at radius 2 is 1.74 bits per heavy atom. The Labute approximate surface area is 203 Å². The van der Waals surface area contributed by atoms with Gasteiger partial charge in [-0.05, 0) is 28.7 Å². The van der Waals surface area contributed by atoms with E-state index in [4.69, 9.17) is 9.84 Å². The molecule has 0 fully saturated rings. The second-order valence-corrected chi connectivity index (χ2v) is 8.40. The maximum absolute atomic E-state index is 12.7. The zero-order chi connectivity index (χ0) is 24.8. The molecule has 0 saturated carbocycles. The van der Waals surface area contributed by atoms with Crippen molar-refractivity contribution in [1.82, 2.24) is 20.2 Å². The molecule has 3 N–H and O–H groups in total. The van der Waals surface area contributed by atoms with Gasteiger partial charge in [-0.25, -0.2) is 14.6 Å². The number of rotatable bonds is 10. The Hall–Kier alpha value is -4.14. The van der Waals surface area contributed by atoms with Gasteiger partial charge in [0.2, 0.25) is 5.91 Å². The number of ether oxygens (including phenoxy) is 1. The first kappa shape index (κ1) is 24.0. The van der Waals surface area contributed by atoms with Crippen LogP contribution in [0.4, 0.5) is 4.79 Å². The van der Waals surface area contributed by atoms with Crippen molar-refractivity contribution >= 4 is 18.0 Å². The van der Waals surface area contributed by atoms with E-state index >= 15 is 0 Å². The first-order valence-corrected chi connectivity index (χ1v) is 11.6. The molecule has 0 bridgehead atoms. The third-order valence-electron chi connectivity index (χ3n) is 6.05. The van der Waals surface area contributed by atoms with Gasteiger partial charge in [-0.15, -0.1) is 0 Å². The van der Waals surface area contributed by atoms with Gasteiger partial charge in [-0.1, -0.05) is 61.9 Å². The zero-order valence-electron chi connectivity index (χ0n) is 19.4. The maximum atomic E-state index is 12.7. The number of nitrogens with one attached hydrogen (secondary N) is 2. The number of carboxylic acid groups (broad SMARTS) is 1. The van der Waals surface area contributed by atoms with Crippen LogP contribution in [0.15, 0.2) is 61.1 Å². The summed E-state index contributed by atoms with van der Waals surface area (Å²) >= 11 is 0. The van der Waals surface area contributed by atoms with Crippen molar-refractivity contribution in [2.75, 3.05) is 13.2 Å². The average molecular weight is 477 g/mol. The summed E-state index contributed by atoms with van der Waals surface area (Å²) in [5.41, 5.74) is 4.48. The average Bonchev–Trinajstić information content (AvgIpc) is 3.46. The van der Waals surface area contributed by atoms with E-state index in [9.17, 15) is 14.4 Å². The van der Waals surface area contributed by atoms with E-state index in [2.05, 4.69) is 27.8 Å². The Balaban J connectivity index is 1.31. The van der Waals surface area contributed by atoms with Crippen molar-refractivity contribution in [3.05, 3.63) is 77.9 Å². The number of aromatic nitrogens is 2. The van der Waals surface area contributed by atoms with Crippen LogP contribution in [0.2, 0.25) is 0 Å². The van der Waals surface area contributed by atoms with Crippen molar-refractivity contribution in [2.24, 2.45) is 0 Å². The van der Waals surface area contributed by atoms with E-state index in [0.29, 0.717) is 19.4 Å². The number of carbonyl (C=O) groups excluding carboxylic acids is 2. The summed E-state index contributed by atoms with van der Waals surface area (Å²) in [7, 11) is 0. The van der Waals surface area contributed by atoms with E-state index in [-0.39, 0.29) is 30.7 Å². The van der Waals surface area contributed by atoms with Crippen molar-refractivity contribution in [3.8, 4) is 11.1 Å². The van der Waals surface area contributed by atoms with Crippen LogP contribution in [0.25, 0.3) is 11.1 Å². The maximum Gasteiger partial charge on any atom is 0.407 e. The van der Waals surface area contributed by atoms with Crippen LogP contribution in [0.3, 0.4) is 0 Å². The third kappa shape index (κ3) is 5.51. The number of hydrogen-bond acceptors (Lipinski definition) is 5. The first-order chi connectivity index (χ1) is 17.0. The highest BCUT2D eigenvalue weighted by molar-refractivity contribution is 5.86. The lowest BCUT2D eigenvalue weighted by Gasteiger charge is -2.19. The molecule has 1 aliphatic carbocycles. The van der Waals surface area contributed by atoms with Crippen LogP contribution in [0.5, 0.6) is 0 Å². The number of alkyl carbamates (subject to hydrolysis) is 1. The zero-order valence-corrected chi connectivity index (χ0v) is 19.4. The first-order valence-electron chi connectivity index (χ1n) is 11.6. The Morgan fingerprint density at radius 3 is 2.34 bits per heavy atom. The van der Waals surface area contributed by atoms with Gasteiger partial charge in [0.1, 0.15) is 12.6 Å². The Morgan fingerprint density at radius 1 is 1.09 bits per heavy atom. The van der Waals surface area contributed by atoms with Crippen LogP contribution < -0.4 is 10.6 Å². The van der Waals surface area contributed by atoms with Crippen LogP contribution in [-0.4, -0.2) is 51.8 Å². The molecule has 9 nitrogen and oxygen atoms in total. The lowest BCUT2D eigenvalue weighted by molar-refractivity contribution is -0.123. The van der Waals surface area contributed by atoms with Gasteiger partial charge < -0.3 is 25.0 Å². The number of hydrogen-bond donors (Lipinski definition) is 3. The second kappa shape index (κ2) is 10.9. The molecule has 0 spiro atoms. The molecule has 4 rings (SSSR count). The van der Waals surface area contributed by atoms with E-state index in [1.54, 1.807) is 4.57 Å². The molecule has 1 aliphatic rings. The highest BCUT2D eigenvalue weighted by Gasteiger charge is 2.29. The third-order valence-corrected chi connectivity index (χ3v) is 6.05. The van der Waals surface area contributed by atoms with E-state index in [1.807, 2.05) is 43.3 Å². The number of fused-ring (bicyclic) bond motifs is 3. The van der Waals surface area contributed by atoms with E-state index in [1.165, 1.54) is 12.5 Å². The number of benzene rings is 2. The highest BCUT2D eigenvalue weighted by atomic mass is 16.5. The van der Waals surface area contributed by atoms with Crippen LogP contribution in [0.1, 0.15) is 47.3 Å². The molecule has 0 radical (unpaired) electrons. The molecule has 2 aromatic carbocycles. The van der Waals surface area contributed by atoms with Crippen LogP contribution in [-0.2, 0) is 16.1 Å². The number of aromatic carboxylic acids is 1. The number of imidazole rings is 1. The van der Waals surface area contributed by atoms with Crippen molar-refractivity contribution < 1.29 is 24.2 Å². The molecule has 3 aromatic rings. The highest BCUT2D eigenvalue weighted by Crippen LogP contribution is 2.44. The predicted octanol–water partition coefficient (Wildman–Crippen LogP) is 3.40. The molecule has 0 saturated heterocycles. The monoisotopic (exact) mass is 476 g/mol. The van der Waals surface area contributed by atoms with Gasteiger partial charge in [-0.3, -0.25) is 4.79 Å². The largest absolute Gasteiger partial charge is 0.476 e. The minimum Gasteiger partial charge on any atom is -0.476 e. The molecule has 1 atom stereocenters. The minimum absolute atomic E-state index is 0.0579. The number of nitrogens with zero attached hydrogens (tertiary/aromatic N) is 2. The molecule has 1 aromatic heterocycles. The second-order valence-electron chi connectivity index (χ2n) is 8.40. The summed E-state index contributed by atoms with van der Waals surface area (Å²) in [5.74, 6) is -1.49. The molecular weight excluding hydrogens is 448 g/mol. The molecule has 9 heteroatoms. The standard InChI is InChI=1S/C26H28N4O5/c1-2-7-22(24(31)27-12-13-30-14-23(25(32)33)28-16-30)29-26(34)35-15-21-19-10-5-3-8-17(19)18-9-4-6-11-20(18)21/h3-6,8-11,14,16,21-22H,2,7,12-13,15H2,1H3,(H,27,31)(H,29,34)(H,32,33). The topological polar surface area (TPSA) is 123 Å². The molecule has 2 amide bonds. The minimum atomic E-state index is -1.11. The summed E-state index contributed by atoms with van der Waals surface area (Å²) < 4.78 is 7.15. The number of carboxylic acids is 1. The molecule has 1 unspecified atom stereocenters. The fourth-order valence-electron chi connectivity index (χ4n) is 4.36. The molecule has 1 heterocycles. The van der Waals surface area contributed by atoms with Crippen molar-refractivity contribution in [3.63, 3.8) is 0 Å². The van der Waals surface area contributed by atoms with Crippen LogP contribution in [0, 0.1) is 0 Å². The smallest absolute Gasteiger partial charge is 0.407 e. The van der Waals surface area contributed by atoms with Gasteiger partial charge in [0, 0.05) is 25.2 Å².